The predicted octanol–water partition coefficient (Wildman–Crippen LogP) is 4.21. The highest BCUT2D eigenvalue weighted by atomic mass is 79.9. The SMILES string of the molecule is CC(C)(C)OC(=O)N1CCC(C(=O)Cc2ccccc2Br)CC1. The Kier molecular flexibility index (Phi) is 5.84. The average molecular weight is 382 g/mol. The average Bonchev–Trinajstić information content (AvgIpc) is 2.48. The Hall–Kier alpha value is -1.36. The Labute approximate surface area is 146 Å². The fraction of sp³-hybridized carbons (Fsp3) is 0.556. The van der Waals surface area contributed by atoms with Crippen LogP contribution < -0.4 is 0 Å². The highest BCUT2D eigenvalue weighted by molar-refractivity contribution is 9.10. The Morgan fingerprint density at radius 1 is 1.22 bits per heavy atom. The Balaban J connectivity index is 1.85. The number of rotatable bonds is 3. The van der Waals surface area contributed by atoms with Gasteiger partial charge >= 0.3 is 6.09 Å². The molecule has 0 N–H and O–H groups in total. The quantitative estimate of drug-likeness (QED) is 0.787. The van der Waals surface area contributed by atoms with Crippen LogP contribution in [0, 0.1) is 5.92 Å². The van der Waals surface area contributed by atoms with Crippen LogP contribution in [-0.4, -0.2) is 35.5 Å². The van der Waals surface area contributed by atoms with Crippen molar-refractivity contribution in [3.8, 4) is 0 Å². The first-order chi connectivity index (χ1) is 10.8. The van der Waals surface area contributed by atoms with Crippen molar-refractivity contribution in [2.45, 2.75) is 45.6 Å². The number of piperidine rings is 1. The Morgan fingerprint density at radius 3 is 2.39 bits per heavy atom. The van der Waals surface area contributed by atoms with Crippen molar-refractivity contribution in [1.82, 2.24) is 4.90 Å². The monoisotopic (exact) mass is 381 g/mol. The third kappa shape index (κ3) is 5.34. The lowest BCUT2D eigenvalue weighted by molar-refractivity contribution is -0.123. The van der Waals surface area contributed by atoms with Crippen LogP contribution in [0.25, 0.3) is 0 Å². The summed E-state index contributed by atoms with van der Waals surface area (Å²) in [5.74, 6) is 0.279. The number of benzene rings is 1. The Morgan fingerprint density at radius 2 is 1.83 bits per heavy atom. The van der Waals surface area contributed by atoms with E-state index in [2.05, 4.69) is 15.9 Å². The van der Waals surface area contributed by atoms with Crippen molar-refractivity contribution in [1.29, 1.82) is 0 Å². The van der Waals surface area contributed by atoms with Crippen molar-refractivity contribution >= 4 is 27.8 Å². The first kappa shape index (κ1) is 18.0. The van der Waals surface area contributed by atoms with E-state index in [1.807, 2.05) is 45.0 Å². The van der Waals surface area contributed by atoms with E-state index in [1.165, 1.54) is 0 Å². The molecule has 0 aliphatic carbocycles. The number of hydrogen-bond acceptors (Lipinski definition) is 3. The van der Waals surface area contributed by atoms with Crippen LogP contribution in [0.15, 0.2) is 28.7 Å². The molecule has 0 bridgehead atoms. The fourth-order valence-corrected chi connectivity index (χ4v) is 3.11. The topological polar surface area (TPSA) is 46.6 Å². The van der Waals surface area contributed by atoms with Crippen LogP contribution in [-0.2, 0) is 16.0 Å². The van der Waals surface area contributed by atoms with E-state index < -0.39 is 5.60 Å². The number of nitrogens with zero attached hydrogens (tertiary/aromatic N) is 1. The summed E-state index contributed by atoms with van der Waals surface area (Å²) in [5, 5.41) is 0. The molecule has 2 rings (SSSR count). The van der Waals surface area contributed by atoms with Crippen LogP contribution in [0.1, 0.15) is 39.2 Å². The van der Waals surface area contributed by atoms with Gasteiger partial charge in [0.15, 0.2) is 0 Å². The molecule has 126 valence electrons. The van der Waals surface area contributed by atoms with Crippen molar-refractivity contribution in [3.05, 3.63) is 34.3 Å². The zero-order chi connectivity index (χ0) is 17.0. The number of Topliss-reactive ketones (excluding diaryl/α,β-unsaturated/α-hetero) is 1. The molecule has 0 spiro atoms. The van der Waals surface area contributed by atoms with Crippen LogP contribution in [0.4, 0.5) is 4.79 Å². The molecule has 1 aliphatic rings. The number of ether oxygens (including phenoxy) is 1. The maximum Gasteiger partial charge on any atom is 0.410 e. The number of likely N-dealkylation sites (tertiary alicyclic amines) is 1. The summed E-state index contributed by atoms with van der Waals surface area (Å²) in [6, 6.07) is 7.81. The number of halogens is 1. The first-order valence-electron chi connectivity index (χ1n) is 8.00. The molecule has 0 unspecified atom stereocenters. The van der Waals surface area contributed by atoms with Gasteiger partial charge in [-0.25, -0.2) is 4.79 Å². The minimum absolute atomic E-state index is 0.0285. The van der Waals surface area contributed by atoms with Gasteiger partial charge in [-0.05, 0) is 45.2 Å². The van der Waals surface area contributed by atoms with Gasteiger partial charge in [-0.2, -0.15) is 0 Å². The third-order valence-corrected chi connectivity index (χ3v) is 4.70. The zero-order valence-corrected chi connectivity index (χ0v) is 15.6. The normalized spacial score (nSPS) is 16.3. The van der Waals surface area contributed by atoms with E-state index in [0.29, 0.717) is 32.4 Å². The number of amides is 1. The first-order valence-corrected chi connectivity index (χ1v) is 8.79. The molecular formula is C18H24BrNO3. The largest absolute Gasteiger partial charge is 0.444 e. The second-order valence-electron chi connectivity index (χ2n) is 6.98. The van der Waals surface area contributed by atoms with Crippen molar-refractivity contribution in [2.24, 2.45) is 5.92 Å². The van der Waals surface area contributed by atoms with E-state index in [4.69, 9.17) is 4.74 Å². The molecule has 1 amide bonds. The highest BCUT2D eigenvalue weighted by Crippen LogP contribution is 2.24. The summed E-state index contributed by atoms with van der Waals surface area (Å²) in [6.07, 6.45) is 1.58. The molecule has 0 radical (unpaired) electrons. The maximum atomic E-state index is 12.5. The van der Waals surface area contributed by atoms with Crippen LogP contribution in [0.5, 0.6) is 0 Å². The minimum atomic E-state index is -0.483. The van der Waals surface area contributed by atoms with Gasteiger partial charge in [0.05, 0.1) is 0 Å². The van der Waals surface area contributed by atoms with Crippen LogP contribution in [0.2, 0.25) is 0 Å². The molecule has 0 atom stereocenters. The number of hydrogen-bond donors (Lipinski definition) is 0. The van der Waals surface area contributed by atoms with Gasteiger partial charge in [0, 0.05) is 29.9 Å². The molecule has 23 heavy (non-hydrogen) atoms. The zero-order valence-electron chi connectivity index (χ0n) is 14.0. The van der Waals surface area contributed by atoms with Gasteiger partial charge < -0.3 is 9.64 Å². The predicted molar refractivity (Wildman–Crippen MR) is 93.4 cm³/mol. The molecule has 0 saturated carbocycles. The van der Waals surface area contributed by atoms with Gasteiger partial charge in [-0.3, -0.25) is 4.79 Å². The lowest BCUT2D eigenvalue weighted by Crippen LogP contribution is -2.43. The molecular weight excluding hydrogens is 358 g/mol. The molecule has 1 fully saturated rings. The van der Waals surface area contributed by atoms with Crippen LogP contribution in [0.3, 0.4) is 0 Å². The minimum Gasteiger partial charge on any atom is -0.444 e. The van der Waals surface area contributed by atoms with Gasteiger partial charge in [0.25, 0.3) is 0 Å². The lowest BCUT2D eigenvalue weighted by Gasteiger charge is -2.33. The van der Waals surface area contributed by atoms with E-state index in [9.17, 15) is 9.59 Å². The summed E-state index contributed by atoms with van der Waals surface area (Å²) in [6.45, 7) is 6.75. The van der Waals surface area contributed by atoms with Crippen LogP contribution >= 0.6 is 15.9 Å². The molecule has 1 aliphatic heterocycles. The number of carbonyl (C=O) groups excluding carboxylic acids is 2. The molecule has 0 aromatic heterocycles. The van der Waals surface area contributed by atoms with Gasteiger partial charge in [0.1, 0.15) is 11.4 Å². The number of carbonyl (C=O) groups is 2. The third-order valence-electron chi connectivity index (χ3n) is 3.92. The van der Waals surface area contributed by atoms with E-state index in [1.54, 1.807) is 4.90 Å². The standard InChI is InChI=1S/C18H24BrNO3/c1-18(2,3)23-17(22)20-10-8-13(9-11-20)16(21)12-14-6-4-5-7-15(14)19/h4-7,13H,8-12H2,1-3H3. The summed E-state index contributed by atoms with van der Waals surface area (Å²) < 4.78 is 6.35. The number of ketones is 1. The molecule has 1 aromatic carbocycles. The fourth-order valence-electron chi connectivity index (χ4n) is 2.68. The van der Waals surface area contributed by atoms with Crippen molar-refractivity contribution in [3.63, 3.8) is 0 Å². The van der Waals surface area contributed by atoms with Crippen molar-refractivity contribution in [2.75, 3.05) is 13.1 Å². The summed E-state index contributed by atoms with van der Waals surface area (Å²) in [5.41, 5.74) is 0.538. The highest BCUT2D eigenvalue weighted by Gasteiger charge is 2.29. The van der Waals surface area contributed by atoms with Gasteiger partial charge in [-0.15, -0.1) is 0 Å². The van der Waals surface area contributed by atoms with Gasteiger partial charge in [-0.1, -0.05) is 34.1 Å². The van der Waals surface area contributed by atoms with Gasteiger partial charge in [0.2, 0.25) is 0 Å². The molecule has 4 nitrogen and oxygen atoms in total. The summed E-state index contributed by atoms with van der Waals surface area (Å²) in [7, 11) is 0. The summed E-state index contributed by atoms with van der Waals surface area (Å²) in [4.78, 5) is 26.2. The maximum absolute atomic E-state index is 12.5. The van der Waals surface area contributed by atoms with E-state index >= 15 is 0 Å². The second-order valence-corrected chi connectivity index (χ2v) is 7.83. The smallest absolute Gasteiger partial charge is 0.410 e. The lowest BCUT2D eigenvalue weighted by atomic mass is 9.89. The van der Waals surface area contributed by atoms with Crippen molar-refractivity contribution < 1.29 is 14.3 Å². The molecule has 1 heterocycles. The molecule has 5 heteroatoms. The van der Waals surface area contributed by atoms with E-state index in [-0.39, 0.29) is 17.8 Å². The van der Waals surface area contributed by atoms with E-state index in [0.717, 1.165) is 10.0 Å². The Bertz CT molecular complexity index is 572. The summed E-state index contributed by atoms with van der Waals surface area (Å²) >= 11 is 3.48. The molecule has 1 aromatic rings. The second kappa shape index (κ2) is 7.47. The molecule has 1 saturated heterocycles.